The van der Waals surface area contributed by atoms with E-state index in [4.69, 9.17) is 4.74 Å². The van der Waals surface area contributed by atoms with Crippen molar-refractivity contribution in [1.82, 2.24) is 10.6 Å². The van der Waals surface area contributed by atoms with E-state index in [1.807, 2.05) is 0 Å². The number of amides is 1. The van der Waals surface area contributed by atoms with Gasteiger partial charge >= 0.3 is 0 Å². The number of hydrogen-bond acceptors (Lipinski definition) is 3. The van der Waals surface area contributed by atoms with Gasteiger partial charge in [0.1, 0.15) is 0 Å². The fraction of sp³-hybridized carbons (Fsp3) is 0.909. The molecule has 0 spiro atoms. The first-order valence-corrected chi connectivity index (χ1v) is 5.84. The maximum Gasteiger partial charge on any atom is 0.237 e. The number of carbonyl (C=O) groups is 1. The van der Waals surface area contributed by atoms with Crippen LogP contribution in [-0.2, 0) is 9.53 Å². The van der Waals surface area contributed by atoms with Gasteiger partial charge in [-0.05, 0) is 38.6 Å². The van der Waals surface area contributed by atoms with Gasteiger partial charge in [-0.15, -0.1) is 0 Å². The van der Waals surface area contributed by atoms with E-state index < -0.39 is 0 Å². The Morgan fingerprint density at radius 3 is 3.13 bits per heavy atom. The summed E-state index contributed by atoms with van der Waals surface area (Å²) in [5, 5.41) is 6.22. The molecule has 0 aromatic heterocycles. The summed E-state index contributed by atoms with van der Waals surface area (Å²) in [5.74, 6) is 0.166. The van der Waals surface area contributed by atoms with Gasteiger partial charge in [0.05, 0.1) is 6.04 Å². The minimum absolute atomic E-state index is 0.0232. The molecule has 88 valence electrons. The molecule has 1 aliphatic heterocycles. The fourth-order valence-electron chi connectivity index (χ4n) is 1.78. The van der Waals surface area contributed by atoms with E-state index in [0.717, 1.165) is 51.8 Å². The van der Waals surface area contributed by atoms with Crippen molar-refractivity contribution >= 4 is 5.91 Å². The Hall–Kier alpha value is -0.610. The van der Waals surface area contributed by atoms with Gasteiger partial charge in [-0.3, -0.25) is 4.79 Å². The summed E-state index contributed by atoms with van der Waals surface area (Å²) in [4.78, 5) is 11.5. The Morgan fingerprint density at radius 2 is 2.33 bits per heavy atom. The van der Waals surface area contributed by atoms with Crippen LogP contribution < -0.4 is 10.6 Å². The van der Waals surface area contributed by atoms with Gasteiger partial charge in [-0.25, -0.2) is 0 Å². The van der Waals surface area contributed by atoms with Gasteiger partial charge in [0.2, 0.25) is 5.91 Å². The number of nitrogens with one attached hydrogen (secondary N) is 2. The average molecular weight is 214 g/mol. The smallest absolute Gasteiger partial charge is 0.237 e. The second-order valence-corrected chi connectivity index (χ2v) is 3.99. The van der Waals surface area contributed by atoms with E-state index in [-0.39, 0.29) is 11.9 Å². The van der Waals surface area contributed by atoms with E-state index >= 15 is 0 Å². The van der Waals surface area contributed by atoms with Crippen LogP contribution >= 0.6 is 0 Å². The lowest BCUT2D eigenvalue weighted by Crippen LogP contribution is -2.43. The molecule has 0 aromatic rings. The highest BCUT2D eigenvalue weighted by Crippen LogP contribution is 2.05. The molecule has 1 rings (SSSR count). The minimum Gasteiger partial charge on any atom is -0.385 e. The number of rotatable bonds is 6. The molecule has 0 aliphatic carbocycles. The predicted octanol–water partition coefficient (Wildman–Crippen LogP) is 0.671. The molecule has 4 heteroatoms. The van der Waals surface area contributed by atoms with Gasteiger partial charge in [0, 0.05) is 20.3 Å². The molecule has 1 fully saturated rings. The highest BCUT2D eigenvalue weighted by Gasteiger charge is 2.18. The monoisotopic (exact) mass is 214 g/mol. The zero-order valence-electron chi connectivity index (χ0n) is 9.55. The zero-order valence-corrected chi connectivity index (χ0v) is 9.55. The lowest BCUT2D eigenvalue weighted by molar-refractivity contribution is -0.122. The second-order valence-electron chi connectivity index (χ2n) is 3.99. The molecule has 0 radical (unpaired) electrons. The quantitative estimate of drug-likeness (QED) is 0.639. The van der Waals surface area contributed by atoms with Crippen molar-refractivity contribution in [3.8, 4) is 0 Å². The number of unbranched alkanes of at least 4 members (excludes halogenated alkanes) is 1. The van der Waals surface area contributed by atoms with Gasteiger partial charge in [-0.1, -0.05) is 0 Å². The van der Waals surface area contributed by atoms with Crippen LogP contribution in [0.3, 0.4) is 0 Å². The van der Waals surface area contributed by atoms with Crippen molar-refractivity contribution in [2.24, 2.45) is 0 Å². The molecule has 15 heavy (non-hydrogen) atoms. The molecule has 0 saturated carbocycles. The van der Waals surface area contributed by atoms with E-state index in [1.54, 1.807) is 7.11 Å². The normalized spacial score (nSPS) is 22.2. The second kappa shape index (κ2) is 7.65. The van der Waals surface area contributed by atoms with Crippen LogP contribution in [0, 0.1) is 0 Å². The summed E-state index contributed by atoms with van der Waals surface area (Å²) in [6, 6.07) is 0.0232. The molecule has 4 nitrogen and oxygen atoms in total. The van der Waals surface area contributed by atoms with Gasteiger partial charge in [0.15, 0.2) is 0 Å². The molecule has 1 unspecified atom stereocenters. The Labute approximate surface area is 91.8 Å². The average Bonchev–Trinajstić information content (AvgIpc) is 2.44. The van der Waals surface area contributed by atoms with E-state index in [9.17, 15) is 4.79 Å². The van der Waals surface area contributed by atoms with Crippen LogP contribution in [0.5, 0.6) is 0 Å². The molecule has 1 aliphatic rings. The summed E-state index contributed by atoms with van der Waals surface area (Å²) in [5.41, 5.74) is 0. The Morgan fingerprint density at radius 1 is 1.47 bits per heavy atom. The maximum absolute atomic E-state index is 11.5. The van der Waals surface area contributed by atoms with E-state index in [2.05, 4.69) is 10.6 Å². The van der Waals surface area contributed by atoms with E-state index in [1.165, 1.54) is 0 Å². The van der Waals surface area contributed by atoms with Crippen LogP contribution in [0.4, 0.5) is 0 Å². The third kappa shape index (κ3) is 5.14. The number of carbonyl (C=O) groups excluding carboxylic acids is 1. The molecule has 1 heterocycles. The Balaban J connectivity index is 2.10. The largest absolute Gasteiger partial charge is 0.385 e. The fourth-order valence-corrected chi connectivity index (χ4v) is 1.78. The van der Waals surface area contributed by atoms with Crippen LogP contribution in [0.25, 0.3) is 0 Å². The highest BCUT2D eigenvalue weighted by molar-refractivity contribution is 5.81. The third-order valence-corrected chi connectivity index (χ3v) is 2.70. The van der Waals surface area contributed by atoms with E-state index in [0.29, 0.717) is 0 Å². The summed E-state index contributed by atoms with van der Waals surface area (Å²) >= 11 is 0. The summed E-state index contributed by atoms with van der Waals surface area (Å²) in [7, 11) is 1.71. The molecule has 1 atom stereocenters. The topological polar surface area (TPSA) is 50.4 Å². The zero-order chi connectivity index (χ0) is 10.9. The number of methoxy groups -OCH3 is 1. The van der Waals surface area contributed by atoms with Crippen molar-refractivity contribution < 1.29 is 9.53 Å². The number of ether oxygens (including phenoxy) is 1. The third-order valence-electron chi connectivity index (χ3n) is 2.70. The molecule has 2 N–H and O–H groups in total. The Kier molecular flexibility index (Phi) is 6.36. The van der Waals surface area contributed by atoms with Gasteiger partial charge in [-0.2, -0.15) is 0 Å². The minimum atomic E-state index is 0.0232. The van der Waals surface area contributed by atoms with Crippen LogP contribution in [0.1, 0.15) is 32.1 Å². The summed E-state index contributed by atoms with van der Waals surface area (Å²) in [6.07, 6.45) is 5.33. The van der Waals surface area contributed by atoms with Crippen LogP contribution in [0.15, 0.2) is 0 Å². The van der Waals surface area contributed by atoms with Crippen LogP contribution in [-0.4, -0.2) is 38.8 Å². The first-order chi connectivity index (χ1) is 7.34. The predicted molar refractivity (Wildman–Crippen MR) is 59.8 cm³/mol. The van der Waals surface area contributed by atoms with Crippen molar-refractivity contribution in [2.75, 3.05) is 26.8 Å². The maximum atomic E-state index is 11.5. The first-order valence-electron chi connectivity index (χ1n) is 5.84. The SMILES string of the molecule is COCCCCNC1CCCCNC1=O. The molecule has 0 bridgehead atoms. The van der Waals surface area contributed by atoms with Gasteiger partial charge in [0.25, 0.3) is 0 Å². The molecule has 0 aromatic carbocycles. The van der Waals surface area contributed by atoms with Crippen LogP contribution in [0.2, 0.25) is 0 Å². The first kappa shape index (κ1) is 12.5. The van der Waals surface area contributed by atoms with Crippen molar-refractivity contribution in [3.63, 3.8) is 0 Å². The van der Waals surface area contributed by atoms with Crippen molar-refractivity contribution in [1.29, 1.82) is 0 Å². The molecular formula is C11H22N2O2. The lowest BCUT2D eigenvalue weighted by atomic mass is 10.1. The van der Waals surface area contributed by atoms with Crippen molar-refractivity contribution in [2.45, 2.75) is 38.1 Å². The Bertz CT molecular complexity index is 185. The standard InChI is InChI=1S/C11H22N2O2/c1-15-9-5-4-7-12-10-6-2-3-8-13-11(10)14/h10,12H,2-9H2,1H3,(H,13,14). The summed E-state index contributed by atoms with van der Waals surface area (Å²) in [6.45, 7) is 2.54. The molecule has 1 saturated heterocycles. The van der Waals surface area contributed by atoms with Gasteiger partial charge < -0.3 is 15.4 Å². The lowest BCUT2D eigenvalue weighted by Gasteiger charge is -2.14. The summed E-state index contributed by atoms with van der Waals surface area (Å²) < 4.78 is 4.97. The highest BCUT2D eigenvalue weighted by atomic mass is 16.5. The van der Waals surface area contributed by atoms with Crippen molar-refractivity contribution in [3.05, 3.63) is 0 Å². The molecule has 1 amide bonds. The number of hydrogen-bond donors (Lipinski definition) is 2. The molecular weight excluding hydrogens is 192 g/mol.